The molecule has 4 aromatic rings. The van der Waals surface area contributed by atoms with E-state index in [2.05, 4.69) is 44.3 Å². The van der Waals surface area contributed by atoms with Crippen molar-refractivity contribution in [2.75, 3.05) is 11.9 Å². The van der Waals surface area contributed by atoms with Gasteiger partial charge in [0.25, 0.3) is 0 Å². The highest BCUT2D eigenvalue weighted by atomic mass is 16.3. The number of anilines is 1. The fraction of sp³-hybridized carbons (Fsp3) is 0.158. The summed E-state index contributed by atoms with van der Waals surface area (Å²) in [6, 6.07) is 11.9. The van der Waals surface area contributed by atoms with Crippen LogP contribution in [-0.4, -0.2) is 26.5 Å². The Morgan fingerprint density at radius 1 is 0.960 bits per heavy atom. The Labute approximate surface area is 145 Å². The van der Waals surface area contributed by atoms with E-state index in [0.29, 0.717) is 18.1 Å². The van der Waals surface area contributed by atoms with Gasteiger partial charge >= 0.3 is 0 Å². The number of oxazole rings is 1. The first-order valence-electron chi connectivity index (χ1n) is 8.11. The molecule has 3 aromatic heterocycles. The van der Waals surface area contributed by atoms with Gasteiger partial charge in [0, 0.05) is 30.9 Å². The van der Waals surface area contributed by atoms with Crippen LogP contribution in [-0.2, 0) is 6.42 Å². The van der Waals surface area contributed by atoms with Crippen molar-refractivity contribution in [3.8, 4) is 11.5 Å². The summed E-state index contributed by atoms with van der Waals surface area (Å²) in [5.74, 6) is 1.42. The van der Waals surface area contributed by atoms with Gasteiger partial charge in [-0.15, -0.1) is 0 Å². The summed E-state index contributed by atoms with van der Waals surface area (Å²) in [5.41, 5.74) is 4.53. The predicted molar refractivity (Wildman–Crippen MR) is 96.2 cm³/mol. The normalized spacial score (nSPS) is 10.9. The molecule has 4 rings (SSSR count). The summed E-state index contributed by atoms with van der Waals surface area (Å²) in [5, 5.41) is 3.28. The molecule has 3 heterocycles. The minimum atomic E-state index is 0.635. The first-order chi connectivity index (χ1) is 12.3. The average Bonchev–Trinajstić information content (AvgIpc) is 3.11. The van der Waals surface area contributed by atoms with Gasteiger partial charge in [0.05, 0.1) is 5.69 Å². The zero-order valence-corrected chi connectivity index (χ0v) is 13.8. The van der Waals surface area contributed by atoms with Crippen LogP contribution in [0, 0.1) is 6.92 Å². The van der Waals surface area contributed by atoms with E-state index < -0.39 is 0 Å². The highest BCUT2D eigenvalue weighted by Gasteiger charge is 2.07. The van der Waals surface area contributed by atoms with Crippen LogP contribution in [0.25, 0.3) is 22.6 Å². The van der Waals surface area contributed by atoms with Crippen molar-refractivity contribution in [3.05, 3.63) is 66.3 Å². The van der Waals surface area contributed by atoms with Gasteiger partial charge < -0.3 is 9.73 Å². The van der Waals surface area contributed by atoms with Crippen LogP contribution in [0.5, 0.6) is 0 Å². The predicted octanol–water partition coefficient (Wildman–Crippen LogP) is 3.64. The number of aryl methyl sites for hydroxylation is 1. The molecule has 0 fully saturated rings. The van der Waals surface area contributed by atoms with E-state index in [4.69, 9.17) is 4.42 Å². The summed E-state index contributed by atoms with van der Waals surface area (Å²) in [6.45, 7) is 2.77. The summed E-state index contributed by atoms with van der Waals surface area (Å²) in [7, 11) is 0. The minimum absolute atomic E-state index is 0.635. The van der Waals surface area contributed by atoms with Crippen LogP contribution in [0.1, 0.15) is 11.3 Å². The molecule has 0 radical (unpaired) electrons. The Kier molecular flexibility index (Phi) is 4.08. The smallest absolute Gasteiger partial charge is 0.226 e. The van der Waals surface area contributed by atoms with Gasteiger partial charge in [-0.25, -0.2) is 15.0 Å². The minimum Gasteiger partial charge on any atom is -0.444 e. The Morgan fingerprint density at radius 3 is 2.68 bits per heavy atom. The van der Waals surface area contributed by atoms with Gasteiger partial charge in [-0.05, 0) is 31.2 Å². The number of hydrogen-bond acceptors (Lipinski definition) is 6. The molecule has 6 heteroatoms. The van der Waals surface area contributed by atoms with Crippen molar-refractivity contribution in [1.29, 1.82) is 0 Å². The highest BCUT2D eigenvalue weighted by Crippen LogP contribution is 2.19. The first-order valence-corrected chi connectivity index (χ1v) is 8.11. The Morgan fingerprint density at radius 2 is 1.80 bits per heavy atom. The molecular formula is C19H17N5O. The number of fused-ring (bicyclic) bond motifs is 1. The van der Waals surface area contributed by atoms with Crippen LogP contribution in [0.2, 0.25) is 0 Å². The van der Waals surface area contributed by atoms with Crippen LogP contribution in [0.3, 0.4) is 0 Å². The molecule has 0 aliphatic heterocycles. The molecule has 1 N–H and O–H groups in total. The third-order valence-corrected chi connectivity index (χ3v) is 3.87. The number of hydrogen-bond donors (Lipinski definition) is 1. The molecule has 0 saturated heterocycles. The van der Waals surface area contributed by atoms with Crippen molar-refractivity contribution in [2.24, 2.45) is 0 Å². The zero-order valence-electron chi connectivity index (χ0n) is 13.8. The SMILES string of the molecule is Cc1ccc(-c2nc(CCNc3ccc4nccnc4n3)co2)cc1. The van der Waals surface area contributed by atoms with Crippen molar-refractivity contribution in [3.63, 3.8) is 0 Å². The molecule has 0 bridgehead atoms. The van der Waals surface area contributed by atoms with Gasteiger partial charge in [-0.2, -0.15) is 0 Å². The van der Waals surface area contributed by atoms with E-state index in [9.17, 15) is 0 Å². The molecule has 6 nitrogen and oxygen atoms in total. The molecule has 0 atom stereocenters. The molecule has 25 heavy (non-hydrogen) atoms. The standard InChI is InChI=1S/C19H17N5O/c1-13-2-4-14(5-3-13)19-23-15(12-25-19)8-9-21-17-7-6-16-18(24-17)22-11-10-20-16/h2-7,10-12H,8-9H2,1H3,(H,21,22,24). The summed E-state index contributed by atoms with van der Waals surface area (Å²) >= 11 is 0. The zero-order chi connectivity index (χ0) is 17.1. The molecule has 0 aliphatic carbocycles. The van der Waals surface area contributed by atoms with Crippen LogP contribution < -0.4 is 5.32 Å². The van der Waals surface area contributed by atoms with Crippen molar-refractivity contribution >= 4 is 17.0 Å². The monoisotopic (exact) mass is 331 g/mol. The van der Waals surface area contributed by atoms with Crippen molar-refractivity contribution in [1.82, 2.24) is 19.9 Å². The molecule has 0 aliphatic rings. The van der Waals surface area contributed by atoms with E-state index in [1.54, 1.807) is 18.7 Å². The van der Waals surface area contributed by atoms with Crippen LogP contribution in [0.4, 0.5) is 5.82 Å². The molecule has 0 amide bonds. The second-order valence-corrected chi connectivity index (χ2v) is 5.78. The summed E-state index contributed by atoms with van der Waals surface area (Å²) < 4.78 is 5.58. The largest absolute Gasteiger partial charge is 0.444 e. The molecular weight excluding hydrogens is 314 g/mol. The maximum absolute atomic E-state index is 5.58. The number of nitrogens with zero attached hydrogens (tertiary/aromatic N) is 4. The van der Waals surface area contributed by atoms with E-state index in [-0.39, 0.29) is 0 Å². The van der Waals surface area contributed by atoms with Gasteiger partial charge in [-0.3, -0.25) is 4.98 Å². The Bertz CT molecular complexity index is 994. The highest BCUT2D eigenvalue weighted by molar-refractivity contribution is 5.71. The maximum Gasteiger partial charge on any atom is 0.226 e. The van der Waals surface area contributed by atoms with Gasteiger partial charge in [0.1, 0.15) is 17.6 Å². The number of benzene rings is 1. The number of rotatable bonds is 5. The molecule has 0 unspecified atom stereocenters. The van der Waals surface area contributed by atoms with E-state index in [1.807, 2.05) is 24.3 Å². The number of aromatic nitrogens is 4. The van der Waals surface area contributed by atoms with Gasteiger partial charge in [0.2, 0.25) is 5.89 Å². The quantitative estimate of drug-likeness (QED) is 0.601. The number of pyridine rings is 1. The lowest BCUT2D eigenvalue weighted by Gasteiger charge is -2.04. The molecule has 0 saturated carbocycles. The van der Waals surface area contributed by atoms with Gasteiger partial charge in [-0.1, -0.05) is 17.7 Å². The first kappa shape index (κ1) is 15.3. The average molecular weight is 331 g/mol. The molecule has 1 aromatic carbocycles. The lowest BCUT2D eigenvalue weighted by molar-refractivity contribution is 0.572. The fourth-order valence-electron chi connectivity index (χ4n) is 2.52. The summed E-state index contributed by atoms with van der Waals surface area (Å²) in [6.07, 6.45) is 5.75. The van der Waals surface area contributed by atoms with Crippen LogP contribution >= 0.6 is 0 Å². The van der Waals surface area contributed by atoms with Crippen molar-refractivity contribution in [2.45, 2.75) is 13.3 Å². The van der Waals surface area contributed by atoms with E-state index in [1.165, 1.54) is 5.56 Å². The third-order valence-electron chi connectivity index (χ3n) is 3.87. The second kappa shape index (κ2) is 6.68. The Hall–Kier alpha value is -3.28. The van der Waals surface area contributed by atoms with E-state index >= 15 is 0 Å². The lowest BCUT2D eigenvalue weighted by Crippen LogP contribution is -2.06. The summed E-state index contributed by atoms with van der Waals surface area (Å²) in [4.78, 5) is 17.4. The second-order valence-electron chi connectivity index (χ2n) is 5.78. The molecule has 124 valence electrons. The molecule has 0 spiro atoms. The topological polar surface area (TPSA) is 76.7 Å². The fourth-order valence-corrected chi connectivity index (χ4v) is 2.52. The maximum atomic E-state index is 5.58. The van der Waals surface area contributed by atoms with Gasteiger partial charge in [0.15, 0.2) is 5.65 Å². The third kappa shape index (κ3) is 3.47. The van der Waals surface area contributed by atoms with Crippen LogP contribution in [0.15, 0.2) is 59.5 Å². The lowest BCUT2D eigenvalue weighted by atomic mass is 10.1. The number of nitrogens with one attached hydrogen (secondary N) is 1. The Balaban J connectivity index is 1.39. The van der Waals surface area contributed by atoms with Crippen molar-refractivity contribution < 1.29 is 4.42 Å². The van der Waals surface area contributed by atoms with E-state index in [0.717, 1.165) is 29.0 Å².